The first-order valence-corrected chi connectivity index (χ1v) is 10.7. The molecule has 162 valence electrons. The van der Waals surface area contributed by atoms with Crippen molar-refractivity contribution in [3.63, 3.8) is 0 Å². The van der Waals surface area contributed by atoms with Crippen molar-refractivity contribution in [2.75, 3.05) is 66.5 Å². The van der Waals surface area contributed by atoms with Crippen molar-refractivity contribution in [2.45, 2.75) is 26.1 Å². The van der Waals surface area contributed by atoms with Crippen molar-refractivity contribution in [3.8, 4) is 0 Å². The highest BCUT2D eigenvalue weighted by molar-refractivity contribution is 5.80. The Balaban J connectivity index is 1.52. The van der Waals surface area contributed by atoms with Crippen LogP contribution in [-0.4, -0.2) is 93.2 Å². The quantitative estimate of drug-likeness (QED) is 0.600. The van der Waals surface area contributed by atoms with Gasteiger partial charge in [0.2, 0.25) is 0 Å². The van der Waals surface area contributed by atoms with E-state index in [1.807, 2.05) is 19.2 Å². The molecule has 29 heavy (non-hydrogen) atoms. The fraction of sp³-hybridized carbons (Fsp3) is 0.682. The molecule has 2 aliphatic rings. The summed E-state index contributed by atoms with van der Waals surface area (Å²) in [6.45, 7) is 12.5. The summed E-state index contributed by atoms with van der Waals surface area (Å²) >= 11 is 0. The number of nitrogens with zero attached hydrogens (tertiary/aromatic N) is 4. The molecule has 0 aliphatic carbocycles. The SMILES string of the molecule is CN=C(NCC(C)CN1CCN(C)CC1)N1CC(C)OC(c2ccc(F)cc2)C1. The molecule has 1 N–H and O–H groups in total. The lowest BCUT2D eigenvalue weighted by molar-refractivity contribution is -0.0605. The van der Waals surface area contributed by atoms with Crippen molar-refractivity contribution in [1.29, 1.82) is 0 Å². The van der Waals surface area contributed by atoms with Crippen molar-refractivity contribution >= 4 is 5.96 Å². The minimum absolute atomic E-state index is 0.0827. The number of guanidine groups is 1. The molecule has 6 nitrogen and oxygen atoms in total. The largest absolute Gasteiger partial charge is 0.367 e. The van der Waals surface area contributed by atoms with Crippen LogP contribution in [0.4, 0.5) is 4.39 Å². The van der Waals surface area contributed by atoms with Gasteiger partial charge in [0, 0.05) is 52.9 Å². The standard InChI is InChI=1S/C22H36FN5O/c1-17(14-27-11-9-26(4)10-12-27)13-25-22(24-3)28-15-18(2)29-21(16-28)19-5-7-20(23)8-6-19/h5-8,17-18,21H,9-16H2,1-4H3,(H,24,25). The maximum Gasteiger partial charge on any atom is 0.193 e. The van der Waals surface area contributed by atoms with Crippen LogP contribution in [0.2, 0.25) is 0 Å². The van der Waals surface area contributed by atoms with Gasteiger partial charge in [-0.25, -0.2) is 4.39 Å². The maximum atomic E-state index is 13.3. The van der Waals surface area contributed by atoms with Crippen LogP contribution in [-0.2, 0) is 4.74 Å². The fourth-order valence-corrected chi connectivity index (χ4v) is 4.12. The second-order valence-electron chi connectivity index (χ2n) is 8.53. The monoisotopic (exact) mass is 405 g/mol. The summed E-state index contributed by atoms with van der Waals surface area (Å²) < 4.78 is 19.4. The normalized spacial score (nSPS) is 25.8. The molecule has 0 spiro atoms. The zero-order valence-corrected chi connectivity index (χ0v) is 18.3. The summed E-state index contributed by atoms with van der Waals surface area (Å²) in [7, 11) is 4.02. The molecule has 2 heterocycles. The Labute approximate surface area is 174 Å². The summed E-state index contributed by atoms with van der Waals surface area (Å²) in [4.78, 5) is 11.7. The molecular formula is C22H36FN5O. The van der Waals surface area contributed by atoms with E-state index in [9.17, 15) is 4.39 Å². The van der Waals surface area contributed by atoms with Gasteiger partial charge in [0.15, 0.2) is 5.96 Å². The van der Waals surface area contributed by atoms with E-state index >= 15 is 0 Å². The van der Waals surface area contributed by atoms with Gasteiger partial charge in [-0.1, -0.05) is 19.1 Å². The lowest BCUT2D eigenvalue weighted by Gasteiger charge is -2.39. The first-order chi connectivity index (χ1) is 13.9. The van der Waals surface area contributed by atoms with Gasteiger partial charge in [-0.05, 0) is 37.6 Å². The number of hydrogen-bond donors (Lipinski definition) is 1. The first kappa shape index (κ1) is 22.0. The van der Waals surface area contributed by atoms with Crippen molar-refractivity contribution in [2.24, 2.45) is 10.9 Å². The van der Waals surface area contributed by atoms with Gasteiger partial charge in [0.05, 0.1) is 12.6 Å². The number of morpholine rings is 1. The van der Waals surface area contributed by atoms with Crippen LogP contribution < -0.4 is 5.32 Å². The molecule has 2 fully saturated rings. The summed E-state index contributed by atoms with van der Waals surface area (Å²) in [6.07, 6.45) is 0.000721. The van der Waals surface area contributed by atoms with E-state index in [1.165, 1.54) is 12.1 Å². The first-order valence-electron chi connectivity index (χ1n) is 10.7. The zero-order chi connectivity index (χ0) is 20.8. The highest BCUT2D eigenvalue weighted by Crippen LogP contribution is 2.25. The van der Waals surface area contributed by atoms with Gasteiger partial charge in [0.25, 0.3) is 0 Å². The van der Waals surface area contributed by atoms with Crippen LogP contribution in [0.3, 0.4) is 0 Å². The lowest BCUT2D eigenvalue weighted by atomic mass is 10.1. The number of nitrogens with one attached hydrogen (secondary N) is 1. The Morgan fingerprint density at radius 1 is 1.21 bits per heavy atom. The number of rotatable bonds is 5. The Bertz CT molecular complexity index is 660. The van der Waals surface area contributed by atoms with Crippen LogP contribution in [0.15, 0.2) is 29.3 Å². The molecule has 0 radical (unpaired) electrons. The molecule has 1 aromatic rings. The number of likely N-dealkylation sites (N-methyl/N-ethyl adjacent to an activating group) is 1. The third-order valence-corrected chi connectivity index (χ3v) is 5.79. The zero-order valence-electron chi connectivity index (χ0n) is 18.3. The van der Waals surface area contributed by atoms with Gasteiger partial charge in [0.1, 0.15) is 11.9 Å². The van der Waals surface area contributed by atoms with E-state index in [-0.39, 0.29) is 18.0 Å². The van der Waals surface area contributed by atoms with E-state index < -0.39 is 0 Å². The molecule has 3 atom stereocenters. The highest BCUT2D eigenvalue weighted by Gasteiger charge is 2.28. The summed E-state index contributed by atoms with van der Waals surface area (Å²) in [6, 6.07) is 6.61. The summed E-state index contributed by atoms with van der Waals surface area (Å²) in [5.41, 5.74) is 1.00. The summed E-state index contributed by atoms with van der Waals surface area (Å²) in [5.74, 6) is 1.24. The van der Waals surface area contributed by atoms with Crippen molar-refractivity contribution < 1.29 is 9.13 Å². The van der Waals surface area contributed by atoms with Crippen molar-refractivity contribution in [3.05, 3.63) is 35.6 Å². The highest BCUT2D eigenvalue weighted by atomic mass is 19.1. The molecule has 7 heteroatoms. The van der Waals surface area contributed by atoms with E-state index in [2.05, 4.69) is 45.9 Å². The van der Waals surface area contributed by atoms with Gasteiger partial charge in [-0.2, -0.15) is 0 Å². The predicted molar refractivity (Wildman–Crippen MR) is 116 cm³/mol. The average Bonchev–Trinajstić information content (AvgIpc) is 2.70. The Morgan fingerprint density at radius 2 is 1.90 bits per heavy atom. The second kappa shape index (κ2) is 10.4. The Hall–Kier alpha value is -1.70. The molecule has 3 unspecified atom stereocenters. The molecule has 0 bridgehead atoms. The molecule has 3 rings (SSSR count). The molecule has 0 amide bonds. The van der Waals surface area contributed by atoms with Crippen LogP contribution in [0.25, 0.3) is 0 Å². The van der Waals surface area contributed by atoms with Crippen LogP contribution in [0.1, 0.15) is 25.5 Å². The van der Waals surface area contributed by atoms with Crippen LogP contribution in [0, 0.1) is 11.7 Å². The number of piperazine rings is 1. The smallest absolute Gasteiger partial charge is 0.193 e. The van der Waals surface area contributed by atoms with E-state index in [0.29, 0.717) is 12.5 Å². The number of hydrogen-bond acceptors (Lipinski definition) is 4. The van der Waals surface area contributed by atoms with E-state index in [4.69, 9.17) is 4.74 Å². The summed E-state index contributed by atoms with van der Waals surface area (Å²) in [5, 5.41) is 3.56. The third-order valence-electron chi connectivity index (χ3n) is 5.79. The van der Waals surface area contributed by atoms with Gasteiger partial charge < -0.3 is 24.8 Å². The molecular weight excluding hydrogens is 369 g/mol. The van der Waals surface area contributed by atoms with Gasteiger partial charge in [-0.3, -0.25) is 4.99 Å². The molecule has 0 aromatic heterocycles. The second-order valence-corrected chi connectivity index (χ2v) is 8.53. The number of halogens is 1. The van der Waals surface area contributed by atoms with Crippen LogP contribution in [0.5, 0.6) is 0 Å². The lowest BCUT2D eigenvalue weighted by Crippen LogP contribution is -2.52. The topological polar surface area (TPSA) is 43.3 Å². The molecule has 0 saturated carbocycles. The maximum absolute atomic E-state index is 13.3. The molecule has 1 aromatic carbocycles. The Morgan fingerprint density at radius 3 is 2.55 bits per heavy atom. The molecule has 2 aliphatic heterocycles. The number of benzene rings is 1. The van der Waals surface area contributed by atoms with E-state index in [1.54, 1.807) is 0 Å². The third kappa shape index (κ3) is 6.39. The number of aliphatic imine (C=N–C) groups is 1. The van der Waals surface area contributed by atoms with Crippen LogP contribution >= 0.6 is 0 Å². The predicted octanol–water partition coefficient (Wildman–Crippen LogP) is 2.05. The fourth-order valence-electron chi connectivity index (χ4n) is 4.12. The van der Waals surface area contributed by atoms with Gasteiger partial charge >= 0.3 is 0 Å². The average molecular weight is 406 g/mol. The van der Waals surface area contributed by atoms with Crippen molar-refractivity contribution in [1.82, 2.24) is 20.0 Å². The minimum atomic E-state index is -0.221. The van der Waals surface area contributed by atoms with Gasteiger partial charge in [-0.15, -0.1) is 0 Å². The Kier molecular flexibility index (Phi) is 7.86. The van der Waals surface area contributed by atoms with E-state index in [0.717, 1.165) is 57.3 Å². The number of ether oxygens (including phenoxy) is 1. The minimum Gasteiger partial charge on any atom is -0.367 e. The molecule has 2 saturated heterocycles.